The minimum atomic E-state index is -0.217. The number of carbonyl (C=O) groups is 2. The largest absolute Gasteiger partial charge is 0.325 e. The van der Waals surface area contributed by atoms with Crippen LogP contribution in [0.15, 0.2) is 41.3 Å². The molecule has 0 atom stereocenters. The van der Waals surface area contributed by atoms with Crippen molar-refractivity contribution in [3.8, 4) is 0 Å². The second kappa shape index (κ2) is 8.22. The van der Waals surface area contributed by atoms with Crippen LogP contribution in [0.25, 0.3) is 0 Å². The third-order valence-electron chi connectivity index (χ3n) is 3.26. The van der Waals surface area contributed by atoms with Gasteiger partial charge < -0.3 is 10.6 Å². The molecule has 0 saturated carbocycles. The highest BCUT2D eigenvalue weighted by Gasteiger charge is 2.08. The Hall–Kier alpha value is -1.98. The Bertz CT molecular complexity index is 778. The molecule has 0 aromatic heterocycles. The van der Waals surface area contributed by atoms with Crippen LogP contribution in [0.4, 0.5) is 11.4 Å². The van der Waals surface area contributed by atoms with Gasteiger partial charge in [0.1, 0.15) is 0 Å². The number of carbonyl (C=O) groups excluding carboxylic acids is 2. The highest BCUT2D eigenvalue weighted by atomic mass is 35.5. The molecule has 0 unspecified atom stereocenters. The molecule has 0 aliphatic rings. The summed E-state index contributed by atoms with van der Waals surface area (Å²) in [6.07, 6.45) is 0. The quantitative estimate of drug-likeness (QED) is 0.761. The second-order valence-electron chi connectivity index (χ2n) is 5.48. The molecule has 2 aromatic rings. The first-order valence-electron chi connectivity index (χ1n) is 7.42. The van der Waals surface area contributed by atoms with E-state index in [-0.39, 0.29) is 11.8 Å². The number of hydrogen-bond donors (Lipinski definition) is 2. The summed E-state index contributed by atoms with van der Waals surface area (Å²) in [5.41, 5.74) is 3.39. The lowest BCUT2D eigenvalue weighted by Crippen LogP contribution is -2.14. The van der Waals surface area contributed by atoms with Crippen molar-refractivity contribution in [1.82, 2.24) is 0 Å². The zero-order valence-corrected chi connectivity index (χ0v) is 15.3. The fourth-order valence-electron chi connectivity index (χ4n) is 2.09. The number of amides is 2. The van der Waals surface area contributed by atoms with Gasteiger partial charge in [0.2, 0.25) is 11.8 Å². The summed E-state index contributed by atoms with van der Waals surface area (Å²) >= 11 is 7.52. The van der Waals surface area contributed by atoms with Crippen molar-refractivity contribution >= 4 is 46.6 Å². The first-order valence-corrected chi connectivity index (χ1v) is 8.78. The highest BCUT2D eigenvalue weighted by Crippen LogP contribution is 2.27. The molecular formula is C18H19ClN2O2S. The zero-order chi connectivity index (χ0) is 17.7. The van der Waals surface area contributed by atoms with Crippen molar-refractivity contribution < 1.29 is 9.59 Å². The number of anilines is 2. The maximum absolute atomic E-state index is 12.1. The summed E-state index contributed by atoms with van der Waals surface area (Å²) in [6, 6.07) is 11.2. The molecular weight excluding hydrogens is 344 g/mol. The second-order valence-corrected chi connectivity index (χ2v) is 6.91. The van der Waals surface area contributed by atoms with Gasteiger partial charge in [-0.25, -0.2) is 0 Å². The van der Waals surface area contributed by atoms with E-state index in [2.05, 4.69) is 28.8 Å². The van der Waals surface area contributed by atoms with E-state index >= 15 is 0 Å². The number of thioether (sulfide) groups is 1. The third-order valence-corrected chi connectivity index (χ3v) is 4.75. The molecule has 2 N–H and O–H groups in total. The summed E-state index contributed by atoms with van der Waals surface area (Å²) in [7, 11) is 0. The lowest BCUT2D eigenvalue weighted by atomic mass is 10.2. The number of hydrogen-bond acceptors (Lipinski definition) is 3. The predicted molar refractivity (Wildman–Crippen MR) is 101 cm³/mol. The van der Waals surface area contributed by atoms with Crippen molar-refractivity contribution in [3.05, 3.63) is 52.5 Å². The Morgan fingerprint density at radius 3 is 2.54 bits per heavy atom. The van der Waals surface area contributed by atoms with Crippen LogP contribution in [0.1, 0.15) is 18.1 Å². The Morgan fingerprint density at radius 2 is 1.83 bits per heavy atom. The van der Waals surface area contributed by atoms with Gasteiger partial charge in [0.25, 0.3) is 0 Å². The first-order chi connectivity index (χ1) is 11.3. The van der Waals surface area contributed by atoms with Crippen molar-refractivity contribution in [2.24, 2.45) is 0 Å². The lowest BCUT2D eigenvalue weighted by Gasteiger charge is -2.10. The van der Waals surface area contributed by atoms with E-state index in [0.717, 1.165) is 10.5 Å². The summed E-state index contributed by atoms with van der Waals surface area (Å²) < 4.78 is 0. The fourth-order valence-corrected chi connectivity index (χ4v) is 3.18. The molecule has 0 fully saturated rings. The topological polar surface area (TPSA) is 58.2 Å². The molecule has 0 bridgehead atoms. The van der Waals surface area contributed by atoms with Crippen molar-refractivity contribution in [2.45, 2.75) is 25.7 Å². The average molecular weight is 363 g/mol. The number of aryl methyl sites for hydroxylation is 2. The minimum Gasteiger partial charge on any atom is -0.325 e. The van der Waals surface area contributed by atoms with Crippen LogP contribution in [0, 0.1) is 13.8 Å². The average Bonchev–Trinajstić information content (AvgIpc) is 2.51. The van der Waals surface area contributed by atoms with Gasteiger partial charge in [-0.2, -0.15) is 0 Å². The Balaban J connectivity index is 1.99. The summed E-state index contributed by atoms with van der Waals surface area (Å²) in [5.74, 6) is -0.0228. The summed E-state index contributed by atoms with van der Waals surface area (Å²) in [6.45, 7) is 5.46. The lowest BCUT2D eigenvalue weighted by molar-refractivity contribution is -0.114. The van der Waals surface area contributed by atoms with Gasteiger partial charge in [-0.1, -0.05) is 29.3 Å². The molecule has 24 heavy (non-hydrogen) atoms. The smallest absolute Gasteiger partial charge is 0.234 e. The van der Waals surface area contributed by atoms with Gasteiger partial charge in [-0.05, 0) is 43.7 Å². The molecule has 126 valence electrons. The van der Waals surface area contributed by atoms with Gasteiger partial charge in [-0.15, -0.1) is 11.8 Å². The van der Waals surface area contributed by atoms with E-state index in [4.69, 9.17) is 11.6 Å². The monoisotopic (exact) mass is 362 g/mol. The molecule has 0 heterocycles. The molecule has 2 rings (SSSR count). The Morgan fingerprint density at radius 1 is 1.08 bits per heavy atom. The van der Waals surface area contributed by atoms with Crippen LogP contribution < -0.4 is 10.6 Å². The molecule has 4 nitrogen and oxygen atoms in total. The maximum atomic E-state index is 12.1. The summed E-state index contributed by atoms with van der Waals surface area (Å²) in [4.78, 5) is 24.4. The van der Waals surface area contributed by atoms with Crippen molar-refractivity contribution in [2.75, 3.05) is 16.4 Å². The zero-order valence-electron chi connectivity index (χ0n) is 13.8. The number of rotatable bonds is 5. The number of benzene rings is 2. The van der Waals surface area contributed by atoms with E-state index in [1.807, 2.05) is 13.8 Å². The van der Waals surface area contributed by atoms with Gasteiger partial charge in [0.15, 0.2) is 0 Å². The van der Waals surface area contributed by atoms with E-state index in [0.29, 0.717) is 22.2 Å². The molecule has 2 amide bonds. The molecule has 0 aliphatic carbocycles. The van der Waals surface area contributed by atoms with Crippen LogP contribution in [-0.2, 0) is 9.59 Å². The van der Waals surface area contributed by atoms with Crippen molar-refractivity contribution in [1.29, 1.82) is 0 Å². The Labute approximate surface area is 151 Å². The fraction of sp³-hybridized carbons (Fsp3) is 0.222. The molecule has 6 heteroatoms. The van der Waals surface area contributed by atoms with Gasteiger partial charge >= 0.3 is 0 Å². The van der Waals surface area contributed by atoms with Crippen LogP contribution in [0.3, 0.4) is 0 Å². The first kappa shape index (κ1) is 18.4. The van der Waals surface area contributed by atoms with E-state index < -0.39 is 0 Å². The normalized spacial score (nSPS) is 10.3. The number of halogens is 1. The minimum absolute atomic E-state index is 0.114. The van der Waals surface area contributed by atoms with E-state index in [9.17, 15) is 9.59 Å². The maximum Gasteiger partial charge on any atom is 0.234 e. The highest BCUT2D eigenvalue weighted by molar-refractivity contribution is 8.00. The predicted octanol–water partition coefficient (Wildman–Crippen LogP) is 4.65. The van der Waals surface area contributed by atoms with Crippen molar-refractivity contribution in [3.63, 3.8) is 0 Å². The van der Waals surface area contributed by atoms with Crippen LogP contribution in [0.2, 0.25) is 5.02 Å². The van der Waals surface area contributed by atoms with Gasteiger partial charge in [0.05, 0.1) is 16.5 Å². The standard InChI is InChI=1S/C18H19ClN2O2S/c1-11-4-5-12(2)17(8-11)24-10-18(23)21-14-6-7-15(19)16(9-14)20-13(3)22/h4-9H,10H2,1-3H3,(H,20,22)(H,21,23). The molecule has 0 spiro atoms. The molecule has 0 saturated heterocycles. The molecule has 0 radical (unpaired) electrons. The number of nitrogens with one attached hydrogen (secondary N) is 2. The van der Waals surface area contributed by atoms with E-state index in [1.54, 1.807) is 18.2 Å². The van der Waals surface area contributed by atoms with E-state index in [1.165, 1.54) is 24.2 Å². The van der Waals surface area contributed by atoms with Gasteiger partial charge in [-0.3, -0.25) is 9.59 Å². The summed E-state index contributed by atoms with van der Waals surface area (Å²) in [5, 5.41) is 5.87. The van der Waals surface area contributed by atoms with Crippen LogP contribution in [0.5, 0.6) is 0 Å². The molecule has 0 aliphatic heterocycles. The Kier molecular flexibility index (Phi) is 6.29. The third kappa shape index (κ3) is 5.28. The van der Waals surface area contributed by atoms with Gasteiger partial charge in [0, 0.05) is 17.5 Å². The molecule has 2 aromatic carbocycles. The van der Waals surface area contributed by atoms with Crippen LogP contribution in [-0.4, -0.2) is 17.6 Å². The van der Waals surface area contributed by atoms with Crippen LogP contribution >= 0.6 is 23.4 Å². The SMILES string of the molecule is CC(=O)Nc1cc(NC(=O)CSc2cc(C)ccc2C)ccc1Cl.